The van der Waals surface area contributed by atoms with Gasteiger partial charge >= 0.3 is 0 Å². The number of H-pyrrole nitrogens is 1. The topological polar surface area (TPSA) is 179 Å². The third-order valence-corrected chi connectivity index (χ3v) is 8.65. The summed E-state index contributed by atoms with van der Waals surface area (Å²) in [5.74, 6) is -0.441. The van der Waals surface area contributed by atoms with E-state index in [0.29, 0.717) is 39.5 Å². The number of hydrazone groups is 1. The molecule has 1 aliphatic rings. The molecule has 1 aromatic heterocycles. The van der Waals surface area contributed by atoms with Gasteiger partial charge in [-0.15, -0.1) is 0 Å². The van der Waals surface area contributed by atoms with Gasteiger partial charge in [0.2, 0.25) is 0 Å². The zero-order valence-corrected chi connectivity index (χ0v) is 25.5. The van der Waals surface area contributed by atoms with Crippen LogP contribution in [0.3, 0.4) is 0 Å². The van der Waals surface area contributed by atoms with E-state index in [9.17, 15) is 35.5 Å². The van der Waals surface area contributed by atoms with Crippen LogP contribution in [0.25, 0.3) is 17.3 Å². The lowest BCUT2D eigenvalue weighted by Gasteiger charge is -2.11. The largest absolute Gasteiger partial charge is 0.295 e. The molecular formula is C31H26N4O8S2. The number of aromatic amines is 1. The maximum Gasteiger partial charge on any atom is 0.294 e. The normalized spacial score (nSPS) is 15.3. The van der Waals surface area contributed by atoms with Gasteiger partial charge in [-0.25, -0.2) is 4.68 Å². The summed E-state index contributed by atoms with van der Waals surface area (Å²) >= 11 is 0. The molecule has 45 heavy (non-hydrogen) atoms. The van der Waals surface area contributed by atoms with E-state index in [0.717, 1.165) is 10.6 Å². The molecule has 0 saturated heterocycles. The maximum absolute atomic E-state index is 13.3. The van der Waals surface area contributed by atoms with Gasteiger partial charge in [0.25, 0.3) is 31.7 Å². The summed E-state index contributed by atoms with van der Waals surface area (Å²) in [4.78, 5) is 25.9. The van der Waals surface area contributed by atoms with Crippen molar-refractivity contribution in [2.24, 2.45) is 5.10 Å². The molecule has 0 fully saturated rings. The zero-order chi connectivity index (χ0) is 32.5. The zero-order valence-electron chi connectivity index (χ0n) is 23.8. The highest BCUT2D eigenvalue weighted by Gasteiger charge is 2.28. The van der Waals surface area contributed by atoms with Crippen LogP contribution in [0.15, 0.2) is 122 Å². The molecule has 0 saturated carbocycles. The Kier molecular flexibility index (Phi) is 8.40. The van der Waals surface area contributed by atoms with Crippen molar-refractivity contribution in [1.29, 1.82) is 0 Å². The van der Waals surface area contributed by atoms with E-state index in [-0.39, 0.29) is 9.79 Å². The van der Waals surface area contributed by atoms with Crippen molar-refractivity contribution < 1.29 is 30.7 Å². The summed E-state index contributed by atoms with van der Waals surface area (Å²) < 4.78 is 65.2. The number of nitrogens with zero attached hydrogens (tertiary/aromatic N) is 3. The Morgan fingerprint density at radius 3 is 1.91 bits per heavy atom. The van der Waals surface area contributed by atoms with Crippen molar-refractivity contribution in [2.45, 2.75) is 23.6 Å². The van der Waals surface area contributed by atoms with Gasteiger partial charge in [-0.1, -0.05) is 42.5 Å². The van der Waals surface area contributed by atoms with Gasteiger partial charge in [-0.2, -0.15) is 26.9 Å². The predicted molar refractivity (Wildman–Crippen MR) is 169 cm³/mol. The highest BCUT2D eigenvalue weighted by Crippen LogP contribution is 2.26. The minimum Gasteiger partial charge on any atom is -0.295 e. The van der Waals surface area contributed by atoms with Gasteiger partial charge in [0, 0.05) is 5.69 Å². The standard InChI is InChI=1S/C31H26N4O8S2/c1-20-28(30(36)34(32-20)24-10-14-26(15-11-24)44(38,39)40)18-8-23(22-6-4-3-5-7-22)9-19-29-21(2)33-35(31(29)37)25-12-16-27(17-13-25)45(41,42)43/h3-19,32H,1-2H3,(H,38,39,40)(H,41,42,43)/b18-8+,23-9+,29-19+. The molecule has 0 unspecified atom stereocenters. The SMILES string of the molecule is CC1=NN(c2ccc(S(=O)(=O)O)cc2)C(=O)/C1=C/C=C(\C=C\c1c(C)[nH]n(-c2ccc(S(=O)(=O)O)cc2)c1=O)c1ccccc1. The molecule has 1 aliphatic heterocycles. The second kappa shape index (κ2) is 12.1. The molecule has 12 nitrogen and oxygen atoms in total. The number of carbonyl (C=O) groups excluding carboxylic acids is 1. The monoisotopic (exact) mass is 646 g/mol. The Balaban J connectivity index is 1.47. The number of benzene rings is 3. The summed E-state index contributed by atoms with van der Waals surface area (Å²) in [6.45, 7) is 3.38. The first-order valence-electron chi connectivity index (χ1n) is 13.3. The lowest BCUT2D eigenvalue weighted by atomic mass is 10.0. The number of hydrogen-bond donors (Lipinski definition) is 3. The van der Waals surface area contributed by atoms with Crippen LogP contribution >= 0.6 is 0 Å². The number of allylic oxidation sites excluding steroid dienone is 4. The van der Waals surface area contributed by atoms with Gasteiger partial charge in [0.05, 0.1) is 38.0 Å². The number of rotatable bonds is 8. The van der Waals surface area contributed by atoms with Crippen LogP contribution in [0.4, 0.5) is 5.69 Å². The Hall–Kier alpha value is -5.15. The highest BCUT2D eigenvalue weighted by molar-refractivity contribution is 7.86. The van der Waals surface area contributed by atoms with Gasteiger partial charge in [0.1, 0.15) is 0 Å². The predicted octanol–water partition coefficient (Wildman–Crippen LogP) is 4.41. The van der Waals surface area contributed by atoms with Crippen LogP contribution in [0, 0.1) is 6.92 Å². The third-order valence-electron chi connectivity index (χ3n) is 6.92. The molecule has 1 amide bonds. The van der Waals surface area contributed by atoms with Crippen molar-refractivity contribution in [3.63, 3.8) is 0 Å². The summed E-state index contributed by atoms with van der Waals surface area (Å²) in [6, 6.07) is 19.5. The fourth-order valence-electron chi connectivity index (χ4n) is 4.57. The summed E-state index contributed by atoms with van der Waals surface area (Å²) in [5, 5.41) is 8.41. The highest BCUT2D eigenvalue weighted by atomic mass is 32.2. The molecule has 3 aromatic carbocycles. The van der Waals surface area contributed by atoms with E-state index in [2.05, 4.69) is 10.2 Å². The van der Waals surface area contributed by atoms with Crippen molar-refractivity contribution >= 4 is 49.2 Å². The Morgan fingerprint density at radius 1 is 0.800 bits per heavy atom. The second-order valence-electron chi connectivity index (χ2n) is 9.93. The number of anilines is 1. The van der Waals surface area contributed by atoms with Crippen LogP contribution in [0.1, 0.15) is 23.7 Å². The molecule has 14 heteroatoms. The average molecular weight is 647 g/mol. The minimum absolute atomic E-state index is 0.296. The molecule has 0 aliphatic carbocycles. The molecule has 230 valence electrons. The first kappa shape index (κ1) is 31.3. The number of aryl methyl sites for hydroxylation is 1. The number of amides is 1. The van der Waals surface area contributed by atoms with Crippen molar-refractivity contribution in [1.82, 2.24) is 9.78 Å². The first-order chi connectivity index (χ1) is 21.2. The summed E-state index contributed by atoms with van der Waals surface area (Å²) in [6.07, 6.45) is 6.69. The molecule has 3 N–H and O–H groups in total. The molecule has 0 radical (unpaired) electrons. The Labute approximate surface area is 258 Å². The van der Waals surface area contributed by atoms with Crippen molar-refractivity contribution in [2.75, 3.05) is 5.01 Å². The van der Waals surface area contributed by atoms with Gasteiger partial charge in [-0.05, 0) is 85.7 Å². The first-order valence-corrected chi connectivity index (χ1v) is 16.1. The number of hydrogen-bond acceptors (Lipinski definition) is 7. The molecule has 4 aromatic rings. The Morgan fingerprint density at radius 2 is 1.36 bits per heavy atom. The van der Waals surface area contributed by atoms with E-state index < -0.39 is 31.7 Å². The minimum atomic E-state index is -4.39. The molecule has 5 rings (SSSR count). The summed E-state index contributed by atoms with van der Waals surface area (Å²) in [7, 11) is -8.77. The van der Waals surface area contributed by atoms with Gasteiger partial charge in [0.15, 0.2) is 0 Å². The second-order valence-corrected chi connectivity index (χ2v) is 12.8. The number of nitrogens with one attached hydrogen (secondary N) is 1. The van der Waals surface area contributed by atoms with E-state index in [1.165, 1.54) is 53.2 Å². The van der Waals surface area contributed by atoms with Crippen molar-refractivity contribution in [3.05, 3.63) is 130 Å². The summed E-state index contributed by atoms with van der Waals surface area (Å²) in [5.41, 5.74) is 3.38. The van der Waals surface area contributed by atoms with Crippen LogP contribution in [-0.4, -0.2) is 47.3 Å². The lowest BCUT2D eigenvalue weighted by Crippen LogP contribution is -2.21. The third kappa shape index (κ3) is 6.68. The van der Waals surface area contributed by atoms with E-state index in [1.807, 2.05) is 30.3 Å². The smallest absolute Gasteiger partial charge is 0.294 e. The maximum atomic E-state index is 13.3. The van der Waals surface area contributed by atoms with Crippen LogP contribution in [0.2, 0.25) is 0 Å². The number of aromatic nitrogens is 2. The Bertz CT molecular complexity index is 2190. The fraction of sp³-hybridized carbons (Fsp3) is 0.0645. The van der Waals surface area contributed by atoms with E-state index in [1.54, 1.807) is 38.2 Å². The van der Waals surface area contributed by atoms with Gasteiger partial charge < -0.3 is 0 Å². The van der Waals surface area contributed by atoms with E-state index >= 15 is 0 Å². The number of carbonyl (C=O) groups is 1. The molecular weight excluding hydrogens is 620 g/mol. The molecule has 0 spiro atoms. The lowest BCUT2D eigenvalue weighted by molar-refractivity contribution is -0.114. The molecule has 0 bridgehead atoms. The molecule has 0 atom stereocenters. The molecule has 2 heterocycles. The quantitative estimate of drug-likeness (QED) is 0.143. The van der Waals surface area contributed by atoms with Crippen LogP contribution in [0.5, 0.6) is 0 Å². The van der Waals surface area contributed by atoms with E-state index in [4.69, 9.17) is 0 Å². The van der Waals surface area contributed by atoms with Crippen molar-refractivity contribution in [3.8, 4) is 5.69 Å². The van der Waals surface area contributed by atoms with Gasteiger partial charge in [-0.3, -0.25) is 23.8 Å². The fourth-order valence-corrected chi connectivity index (χ4v) is 5.53. The van der Waals surface area contributed by atoms with Crippen LogP contribution < -0.4 is 10.6 Å². The van der Waals surface area contributed by atoms with Crippen LogP contribution in [-0.2, 0) is 25.0 Å². The average Bonchev–Trinajstić information content (AvgIpc) is 3.45.